The normalized spacial score (nSPS) is 11.9. The Morgan fingerprint density at radius 2 is 1.88 bits per heavy atom. The number of carbonyl (C=O) groups is 3. The highest BCUT2D eigenvalue weighted by Crippen LogP contribution is 2.31. The van der Waals surface area contributed by atoms with Crippen LogP contribution < -0.4 is 5.32 Å². The minimum absolute atomic E-state index is 0.172. The summed E-state index contributed by atoms with van der Waals surface area (Å²) < 4.78 is 6.95. The molecule has 0 spiro atoms. The van der Waals surface area contributed by atoms with E-state index in [1.54, 1.807) is 22.9 Å². The second-order valence-corrected chi connectivity index (χ2v) is 9.27. The van der Waals surface area contributed by atoms with E-state index in [-0.39, 0.29) is 5.78 Å². The lowest BCUT2D eigenvalue weighted by Gasteiger charge is -2.16. The summed E-state index contributed by atoms with van der Waals surface area (Å²) in [5.41, 5.74) is 2.46. The van der Waals surface area contributed by atoms with Gasteiger partial charge in [-0.3, -0.25) is 9.59 Å². The van der Waals surface area contributed by atoms with Crippen LogP contribution in [0.25, 0.3) is 15.9 Å². The molecule has 1 N–H and O–H groups in total. The summed E-state index contributed by atoms with van der Waals surface area (Å²) in [4.78, 5) is 38.1. The molecule has 0 aliphatic rings. The zero-order chi connectivity index (χ0) is 24.2. The first-order valence-electron chi connectivity index (χ1n) is 10.6. The molecule has 1 amide bonds. The zero-order valence-corrected chi connectivity index (χ0v) is 20.2. The van der Waals surface area contributed by atoms with Crippen LogP contribution in [-0.2, 0) is 20.7 Å². The number of benzene rings is 2. The number of ketones is 1. The van der Waals surface area contributed by atoms with Gasteiger partial charge in [0.05, 0.1) is 17.4 Å². The van der Waals surface area contributed by atoms with Crippen molar-refractivity contribution in [3.63, 3.8) is 0 Å². The Morgan fingerprint density at radius 3 is 2.59 bits per heavy atom. The van der Waals surface area contributed by atoms with E-state index < -0.39 is 24.5 Å². The molecule has 0 aliphatic carbocycles. The predicted octanol–water partition coefficient (Wildman–Crippen LogP) is 4.52. The van der Waals surface area contributed by atoms with Gasteiger partial charge in [-0.25, -0.2) is 9.48 Å². The molecule has 7 nitrogen and oxygen atoms in total. The summed E-state index contributed by atoms with van der Waals surface area (Å²) in [5.74, 6) is -1.32. The van der Waals surface area contributed by atoms with Crippen molar-refractivity contribution in [2.75, 3.05) is 6.61 Å². The third-order valence-corrected chi connectivity index (χ3v) is 6.57. The Morgan fingerprint density at radius 1 is 1.12 bits per heavy atom. The van der Waals surface area contributed by atoms with Gasteiger partial charge in [0.15, 0.2) is 12.4 Å². The van der Waals surface area contributed by atoms with Gasteiger partial charge < -0.3 is 10.1 Å². The summed E-state index contributed by atoms with van der Waals surface area (Å²) in [6, 6.07) is 17.7. The number of rotatable bonds is 8. The zero-order valence-electron chi connectivity index (χ0n) is 18.6. The number of fused-ring (bicyclic) bond motifs is 1. The van der Waals surface area contributed by atoms with Gasteiger partial charge in [-0.15, -0.1) is 11.3 Å². The Labute approximate surface area is 205 Å². The number of thiophene rings is 1. The Balaban J connectivity index is 1.42. The van der Waals surface area contributed by atoms with Gasteiger partial charge in [0, 0.05) is 10.4 Å². The Hall–Kier alpha value is -3.49. The molecule has 4 rings (SSSR count). The van der Waals surface area contributed by atoms with Crippen LogP contribution in [0.3, 0.4) is 0 Å². The fourth-order valence-corrected chi connectivity index (χ4v) is 4.78. The lowest BCUT2D eigenvalue weighted by atomic mass is 10.0. The molecular formula is C25H22ClN3O4S. The van der Waals surface area contributed by atoms with E-state index in [0.717, 1.165) is 27.2 Å². The summed E-state index contributed by atoms with van der Waals surface area (Å²) in [6.07, 6.45) is 0.367. The second kappa shape index (κ2) is 10.2. The van der Waals surface area contributed by atoms with Crippen LogP contribution in [-0.4, -0.2) is 40.1 Å². The highest BCUT2D eigenvalue weighted by atomic mass is 35.5. The molecule has 174 valence electrons. The molecule has 0 fully saturated rings. The SMILES string of the molecule is CC(=O)[C@H](Cc1ccccc1)NC(=O)COC(=O)c1cc2c(C)nn(-c3cccc(Cl)c3)c2s1. The van der Waals surface area contributed by atoms with E-state index in [1.165, 1.54) is 18.3 Å². The molecule has 9 heteroatoms. The first kappa shape index (κ1) is 23.7. The maximum atomic E-state index is 12.6. The molecule has 4 aromatic rings. The smallest absolute Gasteiger partial charge is 0.348 e. The molecule has 0 unspecified atom stereocenters. The van der Waals surface area contributed by atoms with Crippen LogP contribution in [0.4, 0.5) is 0 Å². The highest BCUT2D eigenvalue weighted by Gasteiger charge is 2.21. The van der Waals surface area contributed by atoms with Gasteiger partial charge >= 0.3 is 5.97 Å². The summed E-state index contributed by atoms with van der Waals surface area (Å²) >= 11 is 7.33. The molecule has 0 radical (unpaired) electrons. The monoisotopic (exact) mass is 495 g/mol. The van der Waals surface area contributed by atoms with Crippen LogP contribution in [0, 0.1) is 6.92 Å². The van der Waals surface area contributed by atoms with Gasteiger partial charge in [-0.1, -0.05) is 48.0 Å². The van der Waals surface area contributed by atoms with E-state index in [1.807, 2.05) is 49.4 Å². The molecule has 0 saturated heterocycles. The summed E-state index contributed by atoms with van der Waals surface area (Å²) in [7, 11) is 0. The number of halogens is 1. The number of hydrogen-bond donors (Lipinski definition) is 1. The van der Waals surface area contributed by atoms with Crippen molar-refractivity contribution < 1.29 is 19.1 Å². The Kier molecular flexibility index (Phi) is 7.09. The van der Waals surface area contributed by atoms with Gasteiger partial charge in [0.2, 0.25) is 0 Å². The quantitative estimate of drug-likeness (QED) is 0.363. The molecule has 0 bridgehead atoms. The van der Waals surface area contributed by atoms with Crippen molar-refractivity contribution in [2.24, 2.45) is 0 Å². The minimum Gasteiger partial charge on any atom is -0.451 e. The fourth-order valence-electron chi connectivity index (χ4n) is 3.52. The number of nitrogens with one attached hydrogen (secondary N) is 1. The Bertz CT molecular complexity index is 1360. The standard InChI is InChI=1S/C25H22ClN3O4S/c1-15-20-13-22(34-24(20)29(28-15)19-10-6-9-18(26)12-19)25(32)33-14-23(31)27-21(16(2)30)11-17-7-4-3-5-8-17/h3-10,12-13,21H,11,14H2,1-2H3,(H,27,31)/t21-/m0/s1. The van der Waals surface area contributed by atoms with Crippen molar-refractivity contribution >= 4 is 50.8 Å². The van der Waals surface area contributed by atoms with Crippen LogP contribution in [0.1, 0.15) is 27.9 Å². The molecule has 2 aromatic heterocycles. The van der Waals surface area contributed by atoms with Crippen LogP contribution in [0.5, 0.6) is 0 Å². The number of ether oxygens (including phenoxy) is 1. The molecule has 0 aliphatic heterocycles. The summed E-state index contributed by atoms with van der Waals surface area (Å²) in [5, 5.41) is 8.59. The maximum absolute atomic E-state index is 12.6. The number of Topliss-reactive ketones (excluding diaryl/α,β-unsaturated/α-hetero) is 1. The van der Waals surface area contributed by atoms with Crippen molar-refractivity contribution in [1.82, 2.24) is 15.1 Å². The molecule has 2 aromatic carbocycles. The average Bonchev–Trinajstić information content (AvgIpc) is 3.38. The van der Waals surface area contributed by atoms with Crippen LogP contribution >= 0.6 is 22.9 Å². The first-order valence-corrected chi connectivity index (χ1v) is 11.8. The average molecular weight is 496 g/mol. The van der Waals surface area contributed by atoms with E-state index in [9.17, 15) is 14.4 Å². The first-order chi connectivity index (χ1) is 16.3. The van der Waals surface area contributed by atoms with Gasteiger partial charge in [0.1, 0.15) is 9.71 Å². The topological polar surface area (TPSA) is 90.3 Å². The van der Waals surface area contributed by atoms with E-state index >= 15 is 0 Å². The van der Waals surface area contributed by atoms with Crippen molar-refractivity contribution in [3.05, 3.63) is 81.8 Å². The van der Waals surface area contributed by atoms with Gasteiger partial charge in [0.25, 0.3) is 5.91 Å². The lowest BCUT2D eigenvalue weighted by Crippen LogP contribution is -2.43. The van der Waals surface area contributed by atoms with Crippen LogP contribution in [0.2, 0.25) is 5.02 Å². The fraction of sp³-hybridized carbons (Fsp3) is 0.200. The number of hydrogen-bond acceptors (Lipinski definition) is 6. The molecular weight excluding hydrogens is 474 g/mol. The maximum Gasteiger partial charge on any atom is 0.348 e. The van der Waals surface area contributed by atoms with Crippen molar-refractivity contribution in [1.29, 1.82) is 0 Å². The summed E-state index contributed by atoms with van der Waals surface area (Å²) in [6.45, 7) is 2.79. The number of carbonyl (C=O) groups excluding carboxylic acids is 3. The predicted molar refractivity (Wildman–Crippen MR) is 132 cm³/mol. The number of aryl methyl sites for hydroxylation is 1. The third kappa shape index (κ3) is 5.35. The van der Waals surface area contributed by atoms with Crippen LogP contribution in [0.15, 0.2) is 60.7 Å². The van der Waals surface area contributed by atoms with E-state index in [0.29, 0.717) is 16.3 Å². The molecule has 2 heterocycles. The van der Waals surface area contributed by atoms with Gasteiger partial charge in [-0.2, -0.15) is 5.10 Å². The molecule has 34 heavy (non-hydrogen) atoms. The number of esters is 1. The third-order valence-electron chi connectivity index (χ3n) is 5.24. The van der Waals surface area contributed by atoms with Crippen molar-refractivity contribution in [3.8, 4) is 5.69 Å². The largest absolute Gasteiger partial charge is 0.451 e. The van der Waals surface area contributed by atoms with E-state index in [2.05, 4.69) is 10.4 Å². The lowest BCUT2D eigenvalue weighted by molar-refractivity contribution is -0.128. The molecule has 1 atom stereocenters. The van der Waals surface area contributed by atoms with E-state index in [4.69, 9.17) is 16.3 Å². The number of aromatic nitrogens is 2. The highest BCUT2D eigenvalue weighted by molar-refractivity contribution is 7.20. The second-order valence-electron chi connectivity index (χ2n) is 7.80. The number of nitrogens with zero attached hydrogens (tertiary/aromatic N) is 2. The minimum atomic E-state index is -0.691. The molecule has 0 saturated carbocycles. The van der Waals surface area contributed by atoms with Crippen molar-refractivity contribution in [2.45, 2.75) is 26.3 Å². The van der Waals surface area contributed by atoms with Gasteiger partial charge in [-0.05, 0) is 50.1 Å². The number of amides is 1.